The van der Waals surface area contributed by atoms with Crippen LogP contribution in [0.15, 0.2) is 42.7 Å². The molecule has 0 aliphatic carbocycles. The van der Waals surface area contributed by atoms with Crippen LogP contribution in [0.25, 0.3) is 0 Å². The fourth-order valence-corrected chi connectivity index (χ4v) is 3.00. The van der Waals surface area contributed by atoms with Gasteiger partial charge in [-0.2, -0.15) is 0 Å². The number of nitrogens with one attached hydrogen (secondary N) is 2. The summed E-state index contributed by atoms with van der Waals surface area (Å²) >= 11 is 0. The Hall–Kier alpha value is -2.56. The van der Waals surface area contributed by atoms with Gasteiger partial charge in [0.15, 0.2) is 0 Å². The Morgan fingerprint density at radius 3 is 2.36 bits per heavy atom. The zero-order valence-corrected chi connectivity index (χ0v) is 15.2. The van der Waals surface area contributed by atoms with Gasteiger partial charge in [-0.05, 0) is 63.9 Å². The number of benzene rings is 1. The minimum atomic E-state index is -0.154. The first kappa shape index (κ1) is 17.3. The third-order valence-corrected chi connectivity index (χ3v) is 4.12. The van der Waals surface area contributed by atoms with Gasteiger partial charge in [0.25, 0.3) is 5.91 Å². The molecule has 1 amide bonds. The summed E-state index contributed by atoms with van der Waals surface area (Å²) in [6.45, 7) is 8.45. The van der Waals surface area contributed by atoms with E-state index in [9.17, 15) is 4.79 Å². The van der Waals surface area contributed by atoms with Gasteiger partial charge in [-0.1, -0.05) is 0 Å². The Bertz CT molecular complexity index is 728. The molecule has 5 heteroatoms. The molecule has 0 saturated carbocycles. The fourth-order valence-electron chi connectivity index (χ4n) is 3.00. The van der Waals surface area contributed by atoms with E-state index in [1.807, 2.05) is 18.2 Å². The molecule has 2 N–H and O–H groups in total. The van der Waals surface area contributed by atoms with Gasteiger partial charge >= 0.3 is 0 Å². The number of pyridine rings is 1. The van der Waals surface area contributed by atoms with Crippen molar-refractivity contribution in [3.63, 3.8) is 0 Å². The van der Waals surface area contributed by atoms with E-state index in [1.54, 1.807) is 12.4 Å². The number of amides is 1. The molecule has 1 aliphatic heterocycles. The van der Waals surface area contributed by atoms with Gasteiger partial charge in [-0.3, -0.25) is 9.78 Å². The van der Waals surface area contributed by atoms with Gasteiger partial charge < -0.3 is 15.5 Å². The van der Waals surface area contributed by atoms with Crippen molar-refractivity contribution < 1.29 is 4.79 Å². The van der Waals surface area contributed by atoms with E-state index in [4.69, 9.17) is 0 Å². The molecule has 1 fully saturated rings. The van der Waals surface area contributed by atoms with E-state index in [0.29, 0.717) is 5.56 Å². The monoisotopic (exact) mass is 338 g/mol. The summed E-state index contributed by atoms with van der Waals surface area (Å²) in [5.41, 5.74) is 3.31. The molecular formula is C20H26N4O. The number of hydrogen-bond acceptors (Lipinski definition) is 4. The summed E-state index contributed by atoms with van der Waals surface area (Å²) in [5.74, 6) is -0.154. The van der Waals surface area contributed by atoms with Gasteiger partial charge in [0.1, 0.15) is 0 Å². The predicted octanol–water partition coefficient (Wildman–Crippen LogP) is 4.14. The smallest absolute Gasteiger partial charge is 0.257 e. The molecule has 5 nitrogen and oxygen atoms in total. The summed E-state index contributed by atoms with van der Waals surface area (Å²) in [6, 6.07) is 9.87. The second kappa shape index (κ2) is 7.13. The van der Waals surface area contributed by atoms with E-state index in [2.05, 4.69) is 53.4 Å². The van der Waals surface area contributed by atoms with Gasteiger partial charge in [0, 0.05) is 42.4 Å². The molecule has 0 radical (unpaired) electrons. The number of nitrogens with zero attached hydrogens (tertiary/aromatic N) is 2. The summed E-state index contributed by atoms with van der Waals surface area (Å²) in [4.78, 5) is 19.0. The van der Waals surface area contributed by atoms with E-state index < -0.39 is 0 Å². The molecule has 0 atom stereocenters. The lowest BCUT2D eigenvalue weighted by Gasteiger charge is -2.22. The van der Waals surface area contributed by atoms with Gasteiger partial charge in [0.05, 0.1) is 11.3 Å². The summed E-state index contributed by atoms with van der Waals surface area (Å²) in [5, 5.41) is 6.27. The third-order valence-electron chi connectivity index (χ3n) is 4.12. The normalized spacial score (nSPS) is 14.4. The molecule has 3 rings (SSSR count). The molecule has 0 bridgehead atoms. The van der Waals surface area contributed by atoms with Crippen LogP contribution in [0, 0.1) is 0 Å². The van der Waals surface area contributed by atoms with Crippen molar-refractivity contribution in [1.82, 2.24) is 4.98 Å². The van der Waals surface area contributed by atoms with Crippen LogP contribution in [-0.4, -0.2) is 29.5 Å². The van der Waals surface area contributed by atoms with Gasteiger partial charge in [-0.25, -0.2) is 0 Å². The Labute approximate surface area is 149 Å². The Morgan fingerprint density at radius 1 is 1.04 bits per heavy atom. The summed E-state index contributed by atoms with van der Waals surface area (Å²) in [7, 11) is 0. The number of carbonyl (C=O) groups excluding carboxylic acids is 1. The molecule has 132 valence electrons. The summed E-state index contributed by atoms with van der Waals surface area (Å²) < 4.78 is 0. The molecule has 2 aromatic rings. The Morgan fingerprint density at radius 2 is 1.72 bits per heavy atom. The van der Waals surface area contributed by atoms with Crippen molar-refractivity contribution in [2.45, 2.75) is 39.2 Å². The van der Waals surface area contributed by atoms with Crippen molar-refractivity contribution >= 4 is 23.0 Å². The van der Waals surface area contributed by atoms with Crippen molar-refractivity contribution in [2.75, 3.05) is 28.6 Å². The van der Waals surface area contributed by atoms with Crippen molar-refractivity contribution in [3.05, 3.63) is 48.3 Å². The van der Waals surface area contributed by atoms with Gasteiger partial charge in [-0.15, -0.1) is 0 Å². The van der Waals surface area contributed by atoms with Crippen LogP contribution in [0.1, 0.15) is 44.0 Å². The highest BCUT2D eigenvalue weighted by molar-refractivity contribution is 6.04. The minimum Gasteiger partial charge on any atom is -0.379 e. The molecule has 25 heavy (non-hydrogen) atoms. The van der Waals surface area contributed by atoms with Crippen LogP contribution in [0.3, 0.4) is 0 Å². The molecule has 1 aromatic carbocycles. The first-order valence-corrected chi connectivity index (χ1v) is 8.80. The van der Waals surface area contributed by atoms with Crippen LogP contribution < -0.4 is 15.5 Å². The van der Waals surface area contributed by atoms with Crippen LogP contribution in [-0.2, 0) is 0 Å². The molecule has 1 saturated heterocycles. The first-order chi connectivity index (χ1) is 11.9. The highest BCUT2D eigenvalue weighted by Crippen LogP contribution is 2.22. The van der Waals surface area contributed by atoms with Gasteiger partial charge in [0.2, 0.25) is 0 Å². The molecule has 2 heterocycles. The molecule has 1 aromatic heterocycles. The van der Waals surface area contributed by atoms with Crippen LogP contribution in [0.2, 0.25) is 0 Å². The zero-order valence-electron chi connectivity index (χ0n) is 15.2. The maximum atomic E-state index is 12.5. The third kappa shape index (κ3) is 4.72. The Kier molecular flexibility index (Phi) is 4.93. The van der Waals surface area contributed by atoms with Crippen LogP contribution in [0.5, 0.6) is 0 Å². The largest absolute Gasteiger partial charge is 0.379 e. The van der Waals surface area contributed by atoms with E-state index >= 15 is 0 Å². The minimum absolute atomic E-state index is 0.0812. The lowest BCUT2D eigenvalue weighted by Crippen LogP contribution is -2.26. The highest BCUT2D eigenvalue weighted by Gasteiger charge is 2.14. The van der Waals surface area contributed by atoms with Crippen LogP contribution in [0.4, 0.5) is 17.1 Å². The molecule has 0 unspecified atom stereocenters. The summed E-state index contributed by atoms with van der Waals surface area (Å²) in [6.07, 6.45) is 5.82. The first-order valence-electron chi connectivity index (χ1n) is 8.80. The Balaban J connectivity index is 1.66. The van der Waals surface area contributed by atoms with E-state index in [0.717, 1.165) is 24.5 Å². The standard InChI is InChI=1S/C20H26N4O/c1-20(2,3)23-17-12-15(13-21-14-17)19(25)22-16-6-8-18(9-7-16)24-10-4-5-11-24/h6-9,12-14,23H,4-5,10-11H2,1-3H3,(H,22,25). The number of aromatic nitrogens is 1. The van der Waals surface area contributed by atoms with Crippen LogP contribution >= 0.6 is 0 Å². The fraction of sp³-hybridized carbons (Fsp3) is 0.400. The van der Waals surface area contributed by atoms with Crippen molar-refractivity contribution in [1.29, 1.82) is 0 Å². The maximum absolute atomic E-state index is 12.5. The average molecular weight is 338 g/mol. The second-order valence-corrected chi connectivity index (χ2v) is 7.53. The SMILES string of the molecule is CC(C)(C)Nc1cncc(C(=O)Nc2ccc(N3CCCC3)cc2)c1. The molecular weight excluding hydrogens is 312 g/mol. The quantitative estimate of drug-likeness (QED) is 0.879. The number of rotatable bonds is 4. The number of hydrogen-bond donors (Lipinski definition) is 2. The van der Waals surface area contributed by atoms with Crippen molar-refractivity contribution in [3.8, 4) is 0 Å². The van der Waals surface area contributed by atoms with E-state index in [-0.39, 0.29) is 11.4 Å². The molecule has 1 aliphatic rings. The second-order valence-electron chi connectivity index (χ2n) is 7.53. The van der Waals surface area contributed by atoms with Crippen molar-refractivity contribution in [2.24, 2.45) is 0 Å². The lowest BCUT2D eigenvalue weighted by molar-refractivity contribution is 0.102. The average Bonchev–Trinajstić information content (AvgIpc) is 3.08. The zero-order chi connectivity index (χ0) is 17.9. The molecule has 0 spiro atoms. The number of anilines is 3. The maximum Gasteiger partial charge on any atom is 0.257 e. The van der Waals surface area contributed by atoms with E-state index in [1.165, 1.54) is 18.5 Å². The predicted molar refractivity (Wildman–Crippen MR) is 103 cm³/mol. The lowest BCUT2D eigenvalue weighted by atomic mass is 10.1. The number of carbonyl (C=O) groups is 1. The topological polar surface area (TPSA) is 57.3 Å². The highest BCUT2D eigenvalue weighted by atomic mass is 16.1.